The summed E-state index contributed by atoms with van der Waals surface area (Å²) in [4.78, 5) is 8.54. The molecule has 0 aromatic carbocycles. The third-order valence-corrected chi connectivity index (χ3v) is 4.56. The Morgan fingerprint density at radius 2 is 2.29 bits per heavy atom. The largest absolute Gasteiger partial charge is 0.235 e. The first-order valence-electron chi connectivity index (χ1n) is 4.61. The SMILES string of the molecule is Cc1csc(Sc2nnnn2-c2nccs2)n1. The van der Waals surface area contributed by atoms with Gasteiger partial charge in [0, 0.05) is 22.7 Å². The molecule has 0 aliphatic rings. The van der Waals surface area contributed by atoms with Crippen molar-refractivity contribution in [2.24, 2.45) is 0 Å². The van der Waals surface area contributed by atoms with Crippen LogP contribution in [0, 0.1) is 6.92 Å². The summed E-state index contributed by atoms with van der Waals surface area (Å²) in [5.74, 6) is 0. The van der Waals surface area contributed by atoms with E-state index in [0.717, 1.165) is 15.2 Å². The summed E-state index contributed by atoms with van der Waals surface area (Å²) < 4.78 is 2.54. The van der Waals surface area contributed by atoms with Gasteiger partial charge in [0.05, 0.1) is 0 Å². The number of nitrogens with zero attached hydrogens (tertiary/aromatic N) is 6. The van der Waals surface area contributed by atoms with Crippen molar-refractivity contribution in [3.63, 3.8) is 0 Å². The van der Waals surface area contributed by atoms with E-state index >= 15 is 0 Å². The Labute approximate surface area is 109 Å². The molecule has 3 aromatic rings. The lowest BCUT2D eigenvalue weighted by molar-refractivity contribution is 0.750. The number of aromatic nitrogens is 6. The smallest absolute Gasteiger partial charge is 0.223 e. The summed E-state index contributed by atoms with van der Waals surface area (Å²) in [6.07, 6.45) is 1.73. The molecular weight excluding hydrogens is 276 g/mol. The number of tetrazole rings is 1. The van der Waals surface area contributed by atoms with Crippen LogP contribution in [0.4, 0.5) is 0 Å². The third kappa shape index (κ3) is 2.21. The lowest BCUT2D eigenvalue weighted by Crippen LogP contribution is -1.97. The second-order valence-corrected chi connectivity index (χ2v) is 5.99. The van der Waals surface area contributed by atoms with Gasteiger partial charge in [0.2, 0.25) is 10.3 Å². The molecule has 3 rings (SSSR count). The quantitative estimate of drug-likeness (QED) is 0.732. The minimum Gasteiger partial charge on any atom is -0.235 e. The summed E-state index contributed by atoms with van der Waals surface area (Å²) in [6.45, 7) is 1.96. The molecule has 0 unspecified atom stereocenters. The maximum Gasteiger partial charge on any atom is 0.223 e. The zero-order chi connectivity index (χ0) is 11.7. The lowest BCUT2D eigenvalue weighted by atomic mass is 10.6. The van der Waals surface area contributed by atoms with Crippen molar-refractivity contribution in [2.75, 3.05) is 0 Å². The average Bonchev–Trinajstić information content (AvgIpc) is 3.00. The molecule has 0 spiro atoms. The molecule has 0 amide bonds. The summed E-state index contributed by atoms with van der Waals surface area (Å²) in [7, 11) is 0. The van der Waals surface area contributed by atoms with Crippen LogP contribution in [0.5, 0.6) is 0 Å². The van der Waals surface area contributed by atoms with Crippen LogP contribution in [-0.2, 0) is 0 Å². The molecule has 0 bridgehead atoms. The van der Waals surface area contributed by atoms with E-state index in [1.165, 1.54) is 23.1 Å². The van der Waals surface area contributed by atoms with Crippen molar-refractivity contribution in [1.29, 1.82) is 0 Å². The maximum absolute atomic E-state index is 4.36. The predicted octanol–water partition coefficient (Wildman–Crippen LogP) is 2.03. The molecule has 0 atom stereocenters. The number of hydrogen-bond acceptors (Lipinski definition) is 8. The highest BCUT2D eigenvalue weighted by Crippen LogP contribution is 2.29. The standard InChI is InChI=1S/C8H6N6S3/c1-5-4-16-8(10-5)17-7-11-12-13-14(7)6-9-2-3-15-6/h2-4H,1H3. The molecule has 0 N–H and O–H groups in total. The molecule has 0 fully saturated rings. The first kappa shape index (κ1) is 10.8. The van der Waals surface area contributed by atoms with Crippen LogP contribution in [0.2, 0.25) is 0 Å². The molecule has 0 saturated carbocycles. The zero-order valence-electron chi connectivity index (χ0n) is 8.64. The second-order valence-electron chi connectivity index (χ2n) is 3.04. The van der Waals surface area contributed by atoms with Crippen molar-refractivity contribution in [2.45, 2.75) is 16.4 Å². The zero-order valence-corrected chi connectivity index (χ0v) is 11.1. The summed E-state index contributed by atoms with van der Waals surface area (Å²) in [6, 6.07) is 0. The van der Waals surface area contributed by atoms with E-state index in [1.807, 2.05) is 17.7 Å². The van der Waals surface area contributed by atoms with Crippen LogP contribution < -0.4 is 0 Å². The van der Waals surface area contributed by atoms with Crippen LogP contribution in [0.25, 0.3) is 5.13 Å². The molecule has 86 valence electrons. The van der Waals surface area contributed by atoms with Gasteiger partial charge in [-0.3, -0.25) is 0 Å². The van der Waals surface area contributed by atoms with E-state index in [0.29, 0.717) is 5.16 Å². The summed E-state index contributed by atoms with van der Waals surface area (Å²) in [5.41, 5.74) is 1.01. The predicted molar refractivity (Wildman–Crippen MR) is 65.8 cm³/mol. The van der Waals surface area contributed by atoms with Crippen LogP contribution in [-0.4, -0.2) is 30.2 Å². The Kier molecular flexibility index (Phi) is 2.87. The minimum atomic E-state index is 0.675. The lowest BCUT2D eigenvalue weighted by Gasteiger charge is -1.96. The fraction of sp³-hybridized carbons (Fsp3) is 0.125. The van der Waals surface area contributed by atoms with Crippen LogP contribution in [0.15, 0.2) is 26.5 Å². The van der Waals surface area contributed by atoms with Gasteiger partial charge in [-0.25, -0.2) is 9.97 Å². The Hall–Kier alpha value is -1.32. The average molecular weight is 282 g/mol. The topological polar surface area (TPSA) is 69.4 Å². The van der Waals surface area contributed by atoms with Gasteiger partial charge in [-0.05, 0) is 29.1 Å². The van der Waals surface area contributed by atoms with Crippen molar-refractivity contribution in [1.82, 2.24) is 30.2 Å². The van der Waals surface area contributed by atoms with Crippen molar-refractivity contribution >= 4 is 34.4 Å². The van der Waals surface area contributed by atoms with Gasteiger partial charge < -0.3 is 0 Å². The molecule has 6 nitrogen and oxygen atoms in total. The van der Waals surface area contributed by atoms with Crippen molar-refractivity contribution in [3.05, 3.63) is 22.7 Å². The summed E-state index contributed by atoms with van der Waals surface area (Å²) >= 11 is 4.51. The van der Waals surface area contributed by atoms with Gasteiger partial charge >= 0.3 is 0 Å². The normalized spacial score (nSPS) is 10.9. The first-order chi connectivity index (χ1) is 8.33. The van der Waals surface area contributed by atoms with Crippen LogP contribution in [0.3, 0.4) is 0 Å². The highest BCUT2D eigenvalue weighted by Gasteiger charge is 2.13. The van der Waals surface area contributed by atoms with E-state index in [4.69, 9.17) is 0 Å². The molecule has 17 heavy (non-hydrogen) atoms. The molecular formula is C8H6N6S3. The van der Waals surface area contributed by atoms with E-state index in [9.17, 15) is 0 Å². The highest BCUT2D eigenvalue weighted by molar-refractivity contribution is 8.00. The molecule has 0 aliphatic heterocycles. The first-order valence-corrected chi connectivity index (χ1v) is 7.19. The number of rotatable bonds is 3. The van der Waals surface area contributed by atoms with E-state index in [2.05, 4.69) is 25.5 Å². The Balaban J connectivity index is 1.92. The second kappa shape index (κ2) is 4.51. The Morgan fingerprint density at radius 3 is 3.00 bits per heavy atom. The molecule has 0 aliphatic carbocycles. The Bertz CT molecular complexity index is 613. The van der Waals surface area contributed by atoms with Gasteiger partial charge in [-0.2, -0.15) is 4.68 Å². The van der Waals surface area contributed by atoms with E-state index in [1.54, 1.807) is 22.2 Å². The number of aryl methyl sites for hydroxylation is 1. The van der Waals surface area contributed by atoms with E-state index < -0.39 is 0 Å². The number of thiazole rings is 2. The number of hydrogen-bond donors (Lipinski definition) is 0. The molecule has 9 heteroatoms. The van der Waals surface area contributed by atoms with Crippen LogP contribution in [0.1, 0.15) is 5.69 Å². The minimum absolute atomic E-state index is 0.675. The van der Waals surface area contributed by atoms with Crippen LogP contribution >= 0.6 is 34.4 Å². The fourth-order valence-corrected chi connectivity index (χ4v) is 3.50. The molecule has 3 aromatic heterocycles. The Morgan fingerprint density at radius 1 is 1.35 bits per heavy atom. The maximum atomic E-state index is 4.36. The van der Waals surface area contributed by atoms with E-state index in [-0.39, 0.29) is 0 Å². The van der Waals surface area contributed by atoms with Crippen molar-refractivity contribution < 1.29 is 0 Å². The molecule has 0 radical (unpaired) electrons. The molecule has 3 heterocycles. The van der Waals surface area contributed by atoms with Gasteiger partial charge in [0.15, 0.2) is 4.34 Å². The monoisotopic (exact) mass is 282 g/mol. The van der Waals surface area contributed by atoms with Crippen molar-refractivity contribution in [3.8, 4) is 5.13 Å². The van der Waals surface area contributed by atoms with Gasteiger partial charge in [-0.15, -0.1) is 27.8 Å². The summed E-state index contributed by atoms with van der Waals surface area (Å²) in [5, 5.41) is 16.9. The third-order valence-electron chi connectivity index (χ3n) is 1.82. The van der Waals surface area contributed by atoms with Gasteiger partial charge in [0.1, 0.15) is 0 Å². The van der Waals surface area contributed by atoms with Gasteiger partial charge in [0.25, 0.3) is 0 Å². The van der Waals surface area contributed by atoms with Gasteiger partial charge in [-0.1, -0.05) is 0 Å². The highest BCUT2D eigenvalue weighted by atomic mass is 32.2. The fourth-order valence-electron chi connectivity index (χ4n) is 1.14. The molecule has 0 saturated heterocycles.